The smallest absolute Gasteiger partial charge is 0.255 e. The number of anilines is 2. The van der Waals surface area contributed by atoms with Crippen molar-refractivity contribution in [1.29, 1.82) is 0 Å². The molecule has 0 saturated heterocycles. The zero-order chi connectivity index (χ0) is 18.2. The predicted octanol–water partition coefficient (Wildman–Crippen LogP) is 4.57. The van der Waals surface area contributed by atoms with Gasteiger partial charge in [0.05, 0.1) is 12.0 Å². The third kappa shape index (κ3) is 2.87. The van der Waals surface area contributed by atoms with E-state index in [0.29, 0.717) is 17.4 Å². The van der Waals surface area contributed by atoms with Crippen LogP contribution in [0.1, 0.15) is 36.6 Å². The number of furan rings is 1. The van der Waals surface area contributed by atoms with Gasteiger partial charge in [-0.15, -0.1) is 5.10 Å². The van der Waals surface area contributed by atoms with E-state index in [1.165, 1.54) is 24.0 Å². The van der Waals surface area contributed by atoms with Crippen molar-refractivity contribution >= 4 is 17.3 Å². The molecule has 0 bridgehead atoms. The Balaban J connectivity index is 1.65. The molecule has 4 aromatic rings. The van der Waals surface area contributed by atoms with Crippen LogP contribution in [0.2, 0.25) is 0 Å². The lowest BCUT2D eigenvalue weighted by molar-refractivity contribution is 0.577. The number of hydrogen-bond acceptors (Lipinski definition) is 5. The van der Waals surface area contributed by atoms with E-state index in [-0.39, 0.29) is 0 Å². The molecule has 1 N–H and O–H groups in total. The fraction of sp³-hybridized carbons (Fsp3) is 0.286. The van der Waals surface area contributed by atoms with E-state index in [1.807, 2.05) is 16.6 Å². The molecule has 0 spiro atoms. The van der Waals surface area contributed by atoms with Gasteiger partial charge in [-0.1, -0.05) is 19.1 Å². The predicted molar refractivity (Wildman–Crippen MR) is 104 cm³/mol. The second-order valence-electron chi connectivity index (χ2n) is 6.89. The van der Waals surface area contributed by atoms with Gasteiger partial charge in [0.2, 0.25) is 5.82 Å². The topological polar surface area (TPSA) is 68.2 Å². The number of rotatable bonds is 4. The summed E-state index contributed by atoms with van der Waals surface area (Å²) in [7, 11) is 0. The molecule has 0 radical (unpaired) electrons. The molecule has 3 heterocycles. The molecule has 0 fully saturated rings. The molecule has 6 heteroatoms. The Hall–Kier alpha value is -3.15. The summed E-state index contributed by atoms with van der Waals surface area (Å²) in [5.41, 5.74) is 4.73. The fourth-order valence-corrected chi connectivity index (χ4v) is 3.64. The quantitative estimate of drug-likeness (QED) is 0.578. The lowest BCUT2D eigenvalue weighted by atomic mass is 9.96. The summed E-state index contributed by atoms with van der Waals surface area (Å²) in [5, 5.41) is 8.25. The first-order valence-corrected chi connectivity index (χ1v) is 9.50. The van der Waals surface area contributed by atoms with Crippen molar-refractivity contribution in [3.8, 4) is 11.6 Å². The summed E-state index contributed by atoms with van der Waals surface area (Å²) in [4.78, 5) is 9.38. The standard InChI is InChI=1S/C21H21N5O/c1-2-14-9-11-15(12-10-14)22-20-16-6-3-4-7-17(16)23-21-24-19(25-26(20)21)18-8-5-13-27-18/h5,8-13,22H,2-4,6-7H2,1H3. The average Bonchev–Trinajstić information content (AvgIpc) is 3.38. The lowest BCUT2D eigenvalue weighted by Gasteiger charge is -2.20. The van der Waals surface area contributed by atoms with Gasteiger partial charge in [0, 0.05) is 11.3 Å². The van der Waals surface area contributed by atoms with Crippen molar-refractivity contribution in [2.24, 2.45) is 0 Å². The summed E-state index contributed by atoms with van der Waals surface area (Å²) in [5.74, 6) is 2.77. The average molecular weight is 359 g/mol. The van der Waals surface area contributed by atoms with Gasteiger partial charge >= 0.3 is 0 Å². The lowest BCUT2D eigenvalue weighted by Crippen LogP contribution is -2.13. The highest BCUT2D eigenvalue weighted by molar-refractivity contribution is 5.65. The Morgan fingerprint density at radius 1 is 1.07 bits per heavy atom. The summed E-state index contributed by atoms with van der Waals surface area (Å²) >= 11 is 0. The van der Waals surface area contributed by atoms with E-state index in [0.717, 1.165) is 36.5 Å². The summed E-state index contributed by atoms with van der Waals surface area (Å²) in [6.45, 7) is 2.16. The monoisotopic (exact) mass is 359 g/mol. The van der Waals surface area contributed by atoms with Gasteiger partial charge in [-0.2, -0.15) is 9.50 Å². The molecule has 1 aromatic carbocycles. The van der Waals surface area contributed by atoms with E-state index in [1.54, 1.807) is 6.26 Å². The number of nitrogens with zero attached hydrogens (tertiary/aromatic N) is 4. The van der Waals surface area contributed by atoms with Gasteiger partial charge in [0.1, 0.15) is 5.82 Å². The molecule has 3 aromatic heterocycles. The number of aromatic nitrogens is 4. The Kier molecular flexibility index (Phi) is 3.89. The van der Waals surface area contributed by atoms with Crippen molar-refractivity contribution in [3.63, 3.8) is 0 Å². The Morgan fingerprint density at radius 2 is 1.93 bits per heavy atom. The Morgan fingerprint density at radius 3 is 2.70 bits per heavy atom. The first kappa shape index (κ1) is 16.1. The molecule has 6 nitrogen and oxygen atoms in total. The van der Waals surface area contributed by atoms with Crippen molar-refractivity contribution in [3.05, 3.63) is 59.5 Å². The zero-order valence-corrected chi connectivity index (χ0v) is 15.3. The Labute approximate surface area is 157 Å². The van der Waals surface area contributed by atoms with E-state index < -0.39 is 0 Å². The zero-order valence-electron chi connectivity index (χ0n) is 15.3. The molecular formula is C21H21N5O. The summed E-state index contributed by atoms with van der Waals surface area (Å²) in [6.07, 6.45) is 6.99. The normalized spacial score (nSPS) is 13.7. The van der Waals surface area contributed by atoms with Gasteiger partial charge in [-0.25, -0.2) is 4.98 Å². The van der Waals surface area contributed by atoms with Gasteiger partial charge in [-0.05, 0) is 61.9 Å². The minimum Gasteiger partial charge on any atom is -0.461 e. The van der Waals surface area contributed by atoms with Crippen molar-refractivity contribution < 1.29 is 4.42 Å². The van der Waals surface area contributed by atoms with Gasteiger partial charge in [0.25, 0.3) is 5.78 Å². The first-order valence-electron chi connectivity index (χ1n) is 9.50. The third-order valence-corrected chi connectivity index (χ3v) is 5.13. The minimum atomic E-state index is 0.555. The molecule has 0 amide bonds. The molecule has 1 aliphatic rings. The van der Waals surface area contributed by atoms with Crippen molar-refractivity contribution in [1.82, 2.24) is 19.6 Å². The van der Waals surface area contributed by atoms with Crippen LogP contribution in [0.25, 0.3) is 17.4 Å². The molecular weight excluding hydrogens is 338 g/mol. The molecule has 5 rings (SSSR count). The molecule has 1 aliphatic carbocycles. The van der Waals surface area contributed by atoms with Crippen LogP contribution < -0.4 is 5.32 Å². The molecule has 136 valence electrons. The first-order chi connectivity index (χ1) is 13.3. The molecule has 27 heavy (non-hydrogen) atoms. The number of fused-ring (bicyclic) bond motifs is 2. The van der Waals surface area contributed by atoms with Crippen LogP contribution in [0, 0.1) is 0 Å². The van der Waals surface area contributed by atoms with Crippen LogP contribution >= 0.6 is 0 Å². The third-order valence-electron chi connectivity index (χ3n) is 5.13. The number of aryl methyl sites for hydroxylation is 2. The van der Waals surface area contributed by atoms with Gasteiger partial charge in [0.15, 0.2) is 5.76 Å². The maximum Gasteiger partial charge on any atom is 0.255 e. The van der Waals surface area contributed by atoms with Gasteiger partial charge in [-0.3, -0.25) is 0 Å². The van der Waals surface area contributed by atoms with Crippen LogP contribution in [0.4, 0.5) is 11.5 Å². The fourth-order valence-electron chi connectivity index (χ4n) is 3.64. The van der Waals surface area contributed by atoms with E-state index in [4.69, 9.17) is 9.40 Å². The van der Waals surface area contributed by atoms with Crippen LogP contribution in [0.3, 0.4) is 0 Å². The summed E-state index contributed by atoms with van der Waals surface area (Å²) in [6, 6.07) is 12.3. The highest BCUT2D eigenvalue weighted by Gasteiger charge is 2.21. The largest absolute Gasteiger partial charge is 0.461 e. The second kappa shape index (κ2) is 6.54. The van der Waals surface area contributed by atoms with Crippen molar-refractivity contribution in [2.45, 2.75) is 39.0 Å². The highest BCUT2D eigenvalue weighted by Crippen LogP contribution is 2.30. The number of hydrogen-bond donors (Lipinski definition) is 1. The maximum absolute atomic E-state index is 5.47. The van der Waals surface area contributed by atoms with E-state index >= 15 is 0 Å². The SMILES string of the molecule is CCc1ccc(Nc2c3c(nc4nc(-c5ccco5)nn24)CCCC3)cc1. The van der Waals surface area contributed by atoms with Gasteiger partial charge < -0.3 is 9.73 Å². The number of benzene rings is 1. The van der Waals surface area contributed by atoms with Crippen LogP contribution in [-0.2, 0) is 19.3 Å². The molecule has 0 aliphatic heterocycles. The van der Waals surface area contributed by atoms with E-state index in [9.17, 15) is 0 Å². The van der Waals surface area contributed by atoms with Crippen molar-refractivity contribution in [2.75, 3.05) is 5.32 Å². The highest BCUT2D eigenvalue weighted by atomic mass is 16.3. The maximum atomic E-state index is 5.47. The van der Waals surface area contributed by atoms with E-state index in [2.05, 4.69) is 46.6 Å². The van der Waals surface area contributed by atoms with Crippen LogP contribution in [0.15, 0.2) is 47.1 Å². The van der Waals surface area contributed by atoms with Crippen LogP contribution in [0.5, 0.6) is 0 Å². The summed E-state index contributed by atoms with van der Waals surface area (Å²) < 4.78 is 7.29. The molecule has 0 atom stereocenters. The Bertz CT molecular complexity index is 1080. The molecule has 0 saturated carbocycles. The van der Waals surface area contributed by atoms with Crippen LogP contribution in [-0.4, -0.2) is 19.6 Å². The number of nitrogens with one attached hydrogen (secondary N) is 1. The minimum absolute atomic E-state index is 0.555. The molecule has 0 unspecified atom stereocenters. The second-order valence-corrected chi connectivity index (χ2v) is 6.89.